The number of Topliss-reactive ketones (excluding diaryl/α,β-unsaturated/α-hetero) is 1. The summed E-state index contributed by atoms with van der Waals surface area (Å²) in [6.45, 7) is 4.18. The molecular weight excluding hydrogens is 203 g/mol. The monoisotopic (exact) mass is 214 g/mol. The summed E-state index contributed by atoms with van der Waals surface area (Å²) in [5.74, 6) is -0.173. The van der Waals surface area contributed by atoms with E-state index in [0.29, 0.717) is 10.6 Å². The lowest BCUT2D eigenvalue weighted by atomic mass is 9.93. The fourth-order valence-electron chi connectivity index (χ4n) is 1.42. The van der Waals surface area contributed by atoms with E-state index in [-0.39, 0.29) is 11.3 Å². The molecule has 0 saturated carbocycles. The zero-order chi connectivity index (χ0) is 10.9. The van der Waals surface area contributed by atoms with Crippen LogP contribution in [-0.2, 0) is 5.67 Å². The quantitative estimate of drug-likeness (QED) is 0.686. The molecule has 0 fully saturated rings. The number of benzene rings is 1. The standard InChI is InChI=1S/C11H12ClFO/c1-7(14)8-5-4-6-9(12)10(8)11(2,3)13/h4-6H,1-3H3. The van der Waals surface area contributed by atoms with Crippen LogP contribution in [0.2, 0.25) is 5.02 Å². The summed E-state index contributed by atoms with van der Waals surface area (Å²) in [6.07, 6.45) is 0. The number of ketones is 1. The molecule has 0 N–H and O–H groups in total. The van der Waals surface area contributed by atoms with Crippen molar-refractivity contribution >= 4 is 17.4 Å². The third kappa shape index (κ3) is 2.13. The van der Waals surface area contributed by atoms with E-state index in [1.807, 2.05) is 0 Å². The molecule has 0 aromatic heterocycles. The molecule has 1 aromatic rings. The van der Waals surface area contributed by atoms with Crippen molar-refractivity contribution < 1.29 is 9.18 Å². The van der Waals surface area contributed by atoms with Gasteiger partial charge < -0.3 is 0 Å². The lowest BCUT2D eigenvalue weighted by molar-refractivity contribution is 0.101. The number of carbonyl (C=O) groups excluding carboxylic acids is 1. The van der Waals surface area contributed by atoms with Crippen LogP contribution in [0.5, 0.6) is 0 Å². The lowest BCUT2D eigenvalue weighted by Crippen LogP contribution is -2.15. The second-order valence-corrected chi connectivity index (χ2v) is 4.10. The number of rotatable bonds is 2. The van der Waals surface area contributed by atoms with Crippen LogP contribution < -0.4 is 0 Å². The summed E-state index contributed by atoms with van der Waals surface area (Å²) < 4.78 is 13.8. The average Bonchev–Trinajstić information content (AvgIpc) is 2.01. The summed E-state index contributed by atoms with van der Waals surface area (Å²) in [5, 5.41) is 0.296. The first kappa shape index (κ1) is 11.2. The molecule has 0 radical (unpaired) electrons. The van der Waals surface area contributed by atoms with E-state index in [9.17, 15) is 9.18 Å². The van der Waals surface area contributed by atoms with Crippen molar-refractivity contribution in [1.29, 1.82) is 0 Å². The molecular formula is C11H12ClFO. The van der Waals surface area contributed by atoms with Crippen LogP contribution in [0, 0.1) is 0 Å². The highest BCUT2D eigenvalue weighted by Gasteiger charge is 2.26. The molecule has 14 heavy (non-hydrogen) atoms. The summed E-state index contributed by atoms with van der Waals surface area (Å²) in [6, 6.07) is 4.82. The summed E-state index contributed by atoms with van der Waals surface area (Å²) in [4.78, 5) is 11.2. The Kier molecular flexibility index (Phi) is 2.95. The predicted molar refractivity (Wildman–Crippen MR) is 55.6 cm³/mol. The third-order valence-electron chi connectivity index (χ3n) is 1.99. The van der Waals surface area contributed by atoms with Crippen molar-refractivity contribution in [2.75, 3.05) is 0 Å². The Labute approximate surface area is 87.9 Å². The highest BCUT2D eigenvalue weighted by molar-refractivity contribution is 6.32. The molecule has 0 aliphatic rings. The van der Waals surface area contributed by atoms with Gasteiger partial charge in [0.05, 0.1) is 0 Å². The van der Waals surface area contributed by atoms with Crippen molar-refractivity contribution in [3.8, 4) is 0 Å². The number of carbonyl (C=O) groups is 1. The molecule has 76 valence electrons. The first-order valence-electron chi connectivity index (χ1n) is 4.33. The van der Waals surface area contributed by atoms with Crippen LogP contribution in [0.4, 0.5) is 4.39 Å². The molecule has 0 spiro atoms. The minimum Gasteiger partial charge on any atom is -0.294 e. The summed E-state index contributed by atoms with van der Waals surface area (Å²) in [7, 11) is 0. The lowest BCUT2D eigenvalue weighted by Gasteiger charge is -2.19. The number of hydrogen-bond acceptors (Lipinski definition) is 1. The Hall–Kier alpha value is -0.890. The van der Waals surface area contributed by atoms with Gasteiger partial charge in [-0.15, -0.1) is 0 Å². The largest absolute Gasteiger partial charge is 0.294 e. The molecule has 3 heteroatoms. The van der Waals surface area contributed by atoms with Gasteiger partial charge in [-0.25, -0.2) is 4.39 Å². The molecule has 0 heterocycles. The third-order valence-corrected chi connectivity index (χ3v) is 2.30. The van der Waals surface area contributed by atoms with E-state index in [1.54, 1.807) is 18.2 Å². The van der Waals surface area contributed by atoms with Gasteiger partial charge in [0.1, 0.15) is 5.67 Å². The van der Waals surface area contributed by atoms with Gasteiger partial charge in [-0.1, -0.05) is 23.7 Å². The zero-order valence-corrected chi connectivity index (χ0v) is 9.15. The van der Waals surface area contributed by atoms with E-state index in [1.165, 1.54) is 20.8 Å². The van der Waals surface area contributed by atoms with Crippen LogP contribution in [0.3, 0.4) is 0 Å². The highest BCUT2D eigenvalue weighted by Crippen LogP contribution is 2.34. The Balaban J connectivity index is 3.45. The van der Waals surface area contributed by atoms with Gasteiger partial charge in [-0.05, 0) is 26.8 Å². The van der Waals surface area contributed by atoms with Crippen molar-refractivity contribution in [2.45, 2.75) is 26.4 Å². The molecule has 1 nitrogen and oxygen atoms in total. The van der Waals surface area contributed by atoms with Crippen molar-refractivity contribution in [1.82, 2.24) is 0 Å². The smallest absolute Gasteiger partial charge is 0.160 e. The van der Waals surface area contributed by atoms with Gasteiger partial charge in [0.25, 0.3) is 0 Å². The second-order valence-electron chi connectivity index (χ2n) is 3.69. The predicted octanol–water partition coefficient (Wildman–Crippen LogP) is 3.75. The highest BCUT2D eigenvalue weighted by atomic mass is 35.5. The molecule has 0 unspecified atom stereocenters. The molecule has 1 aromatic carbocycles. The van der Waals surface area contributed by atoms with E-state index in [2.05, 4.69) is 0 Å². The summed E-state index contributed by atoms with van der Waals surface area (Å²) >= 11 is 5.87. The molecule has 0 aliphatic carbocycles. The fraction of sp³-hybridized carbons (Fsp3) is 0.364. The van der Waals surface area contributed by atoms with E-state index in [0.717, 1.165) is 0 Å². The first-order chi connectivity index (χ1) is 6.34. The fourth-order valence-corrected chi connectivity index (χ4v) is 1.82. The maximum atomic E-state index is 13.8. The Morgan fingerprint density at radius 3 is 2.36 bits per heavy atom. The Morgan fingerprint density at radius 2 is 2.00 bits per heavy atom. The molecule has 1 rings (SSSR count). The van der Waals surface area contributed by atoms with E-state index < -0.39 is 5.67 Å². The summed E-state index contributed by atoms with van der Waals surface area (Å²) in [5.41, 5.74) is -0.974. The minimum absolute atomic E-state index is 0.173. The van der Waals surface area contributed by atoms with E-state index >= 15 is 0 Å². The topological polar surface area (TPSA) is 17.1 Å². The van der Waals surface area contributed by atoms with Crippen LogP contribution >= 0.6 is 11.6 Å². The van der Waals surface area contributed by atoms with Crippen LogP contribution in [0.15, 0.2) is 18.2 Å². The maximum absolute atomic E-state index is 13.8. The van der Waals surface area contributed by atoms with Crippen LogP contribution in [-0.4, -0.2) is 5.78 Å². The van der Waals surface area contributed by atoms with Gasteiger partial charge in [-0.3, -0.25) is 4.79 Å². The Bertz CT molecular complexity index is 366. The van der Waals surface area contributed by atoms with Gasteiger partial charge in [0, 0.05) is 16.1 Å². The minimum atomic E-state index is -1.60. The second kappa shape index (κ2) is 3.70. The van der Waals surface area contributed by atoms with Gasteiger partial charge >= 0.3 is 0 Å². The normalized spacial score (nSPS) is 11.5. The molecule has 0 amide bonds. The first-order valence-corrected chi connectivity index (χ1v) is 4.70. The van der Waals surface area contributed by atoms with Gasteiger partial charge in [-0.2, -0.15) is 0 Å². The molecule has 0 aliphatic heterocycles. The zero-order valence-electron chi connectivity index (χ0n) is 8.40. The maximum Gasteiger partial charge on any atom is 0.160 e. The molecule has 0 bridgehead atoms. The van der Waals surface area contributed by atoms with Gasteiger partial charge in [0.15, 0.2) is 5.78 Å². The number of hydrogen-bond donors (Lipinski definition) is 0. The van der Waals surface area contributed by atoms with Gasteiger partial charge in [0.2, 0.25) is 0 Å². The average molecular weight is 215 g/mol. The Morgan fingerprint density at radius 1 is 1.43 bits per heavy atom. The van der Waals surface area contributed by atoms with Crippen LogP contribution in [0.25, 0.3) is 0 Å². The van der Waals surface area contributed by atoms with E-state index in [4.69, 9.17) is 11.6 Å². The number of alkyl halides is 1. The molecule has 0 saturated heterocycles. The SMILES string of the molecule is CC(=O)c1cccc(Cl)c1C(C)(C)F. The van der Waals surface area contributed by atoms with Crippen LogP contribution in [0.1, 0.15) is 36.7 Å². The van der Waals surface area contributed by atoms with Crippen molar-refractivity contribution in [3.63, 3.8) is 0 Å². The van der Waals surface area contributed by atoms with Crippen molar-refractivity contribution in [3.05, 3.63) is 34.3 Å². The number of halogens is 2. The van der Waals surface area contributed by atoms with Crippen molar-refractivity contribution in [2.24, 2.45) is 0 Å². The molecule has 0 atom stereocenters.